The number of halogens is 1. The average molecular weight is 665 g/mol. The Morgan fingerprint density at radius 3 is 0.979 bits per heavy atom. The molecule has 3 fully saturated rings. The van der Waals surface area contributed by atoms with Gasteiger partial charge in [0, 0.05) is 23.0 Å². The van der Waals surface area contributed by atoms with E-state index in [1.807, 2.05) is 72.8 Å². The van der Waals surface area contributed by atoms with Crippen LogP contribution >= 0.6 is 12.4 Å². The summed E-state index contributed by atoms with van der Waals surface area (Å²) in [6.45, 7) is 1.76. The van der Waals surface area contributed by atoms with Crippen molar-refractivity contribution in [2.45, 2.75) is 61.6 Å². The van der Waals surface area contributed by atoms with Gasteiger partial charge in [-0.05, 0) is 92.0 Å². The van der Waals surface area contributed by atoms with E-state index >= 15 is 0 Å². The number of benzene rings is 3. The molecule has 3 unspecified atom stereocenters. The number of amides is 3. The van der Waals surface area contributed by atoms with Gasteiger partial charge in [0.25, 0.3) is 0 Å². The van der Waals surface area contributed by atoms with Gasteiger partial charge in [-0.25, -0.2) is 0 Å². The fourth-order valence-electron chi connectivity index (χ4n) is 6.38. The summed E-state index contributed by atoms with van der Waals surface area (Å²) in [5.41, 5.74) is 4.66. The molecule has 3 aliphatic rings. The Kier molecular flexibility index (Phi) is 11.3. The van der Waals surface area contributed by atoms with Crippen molar-refractivity contribution >= 4 is 47.2 Å². The molecule has 0 aliphatic carbocycles. The van der Waals surface area contributed by atoms with Crippen molar-refractivity contribution < 1.29 is 29.7 Å². The van der Waals surface area contributed by atoms with Crippen LogP contribution in [0.1, 0.15) is 41.9 Å². The fourth-order valence-corrected chi connectivity index (χ4v) is 6.38. The van der Waals surface area contributed by atoms with E-state index in [0.717, 1.165) is 16.7 Å². The summed E-state index contributed by atoms with van der Waals surface area (Å²) in [4.78, 5) is 38.0. The van der Waals surface area contributed by atoms with Crippen molar-refractivity contribution in [2.75, 3.05) is 35.6 Å². The van der Waals surface area contributed by atoms with E-state index in [-0.39, 0.29) is 36.0 Å². The van der Waals surface area contributed by atoms with E-state index in [4.69, 9.17) is 0 Å². The highest BCUT2D eigenvalue weighted by atomic mass is 35.5. The van der Waals surface area contributed by atoms with Crippen molar-refractivity contribution in [2.24, 2.45) is 0 Å². The van der Waals surface area contributed by atoms with Gasteiger partial charge in [0.2, 0.25) is 17.7 Å². The van der Waals surface area contributed by atoms with Crippen LogP contribution in [-0.4, -0.2) is 89.1 Å². The molecule has 9 N–H and O–H groups in total. The molecule has 3 aromatic carbocycles. The summed E-state index contributed by atoms with van der Waals surface area (Å²) >= 11 is 0. The Balaban J connectivity index is 0.00000433. The predicted octanol–water partition coefficient (Wildman–Crippen LogP) is 1.27. The lowest BCUT2D eigenvalue weighted by Gasteiger charge is -2.21. The van der Waals surface area contributed by atoms with Gasteiger partial charge in [-0.2, -0.15) is 0 Å². The zero-order valence-corrected chi connectivity index (χ0v) is 26.5. The van der Waals surface area contributed by atoms with E-state index in [2.05, 4.69) is 31.9 Å². The summed E-state index contributed by atoms with van der Waals surface area (Å²) in [6, 6.07) is 20.6. The SMILES string of the molecule is Cl.O=C(Nc1ccc(C(c2ccc(NC(=O)[C@@H]3NCCC3O)cc2)c2ccc(NC(=O)[C@@H]3NCCC3O)cc2)cc1)[C@@H]1NCCC1O. The van der Waals surface area contributed by atoms with Crippen molar-refractivity contribution in [3.63, 3.8) is 0 Å². The first-order chi connectivity index (χ1) is 22.3. The molecule has 6 rings (SSSR count). The van der Waals surface area contributed by atoms with Crippen LogP contribution in [-0.2, 0) is 14.4 Å². The summed E-state index contributed by atoms with van der Waals surface area (Å²) < 4.78 is 0. The van der Waals surface area contributed by atoms with Crippen LogP contribution in [0, 0.1) is 0 Å². The third-order valence-corrected chi connectivity index (χ3v) is 8.95. The molecule has 3 amide bonds. The monoisotopic (exact) mass is 664 g/mol. The van der Waals surface area contributed by atoms with Gasteiger partial charge < -0.3 is 47.2 Å². The first-order valence-electron chi connectivity index (χ1n) is 15.7. The van der Waals surface area contributed by atoms with E-state index < -0.39 is 36.4 Å². The van der Waals surface area contributed by atoms with Gasteiger partial charge in [0.15, 0.2) is 0 Å². The Labute approximate surface area is 279 Å². The Morgan fingerprint density at radius 2 is 0.766 bits per heavy atom. The zero-order chi connectivity index (χ0) is 32.2. The summed E-state index contributed by atoms with van der Waals surface area (Å²) in [5, 5.41) is 47.9. The maximum atomic E-state index is 12.7. The maximum Gasteiger partial charge on any atom is 0.244 e. The molecule has 250 valence electrons. The maximum absolute atomic E-state index is 12.7. The highest BCUT2D eigenvalue weighted by molar-refractivity contribution is 5.97. The standard InChI is InChI=1S/C34H40N6O6.ClH/c41-25-13-16-35-29(25)32(44)38-22-7-1-19(2-8-22)28(20-3-9-23(10-4-20)39-33(45)30-26(42)14-17-36-30)21-5-11-24(12-6-21)40-34(46)31-27(43)15-18-37-31;/h1-12,25-31,35-37,41-43H,13-18H2,(H,38,44)(H,39,45)(H,40,46);1H/t25?,26?,27?,28?,29-,30-,31-;/m1./s1. The van der Waals surface area contributed by atoms with E-state index in [9.17, 15) is 29.7 Å². The summed E-state index contributed by atoms with van der Waals surface area (Å²) in [6.07, 6.45) is -0.567. The second kappa shape index (κ2) is 15.3. The number of nitrogens with one attached hydrogen (secondary N) is 6. The smallest absolute Gasteiger partial charge is 0.244 e. The number of hydrogen-bond acceptors (Lipinski definition) is 9. The van der Waals surface area contributed by atoms with Crippen molar-refractivity contribution in [1.29, 1.82) is 0 Å². The third-order valence-electron chi connectivity index (χ3n) is 8.95. The molecular weight excluding hydrogens is 624 g/mol. The number of carbonyl (C=O) groups excluding carboxylic acids is 3. The van der Waals surface area contributed by atoms with Gasteiger partial charge >= 0.3 is 0 Å². The number of aliphatic hydroxyl groups excluding tert-OH is 3. The van der Waals surface area contributed by atoms with E-state index in [1.54, 1.807) is 0 Å². The predicted molar refractivity (Wildman–Crippen MR) is 181 cm³/mol. The zero-order valence-electron chi connectivity index (χ0n) is 25.7. The first-order valence-corrected chi connectivity index (χ1v) is 15.7. The number of aliphatic hydroxyl groups is 3. The van der Waals surface area contributed by atoms with Gasteiger partial charge in [-0.15, -0.1) is 12.4 Å². The van der Waals surface area contributed by atoms with Gasteiger partial charge in [-0.3, -0.25) is 14.4 Å². The Morgan fingerprint density at radius 1 is 0.511 bits per heavy atom. The largest absolute Gasteiger partial charge is 0.391 e. The first kappa shape index (κ1) is 34.5. The fraction of sp³-hybridized carbons (Fsp3) is 0.382. The minimum absolute atomic E-state index is 0. The molecule has 3 heterocycles. The van der Waals surface area contributed by atoms with Crippen molar-refractivity contribution in [3.05, 3.63) is 89.5 Å². The molecule has 0 saturated carbocycles. The molecular formula is C34H41ClN6O6. The van der Waals surface area contributed by atoms with Gasteiger partial charge in [0.05, 0.1) is 18.3 Å². The molecule has 47 heavy (non-hydrogen) atoms. The van der Waals surface area contributed by atoms with Crippen LogP contribution < -0.4 is 31.9 Å². The number of rotatable bonds is 9. The van der Waals surface area contributed by atoms with Gasteiger partial charge in [-0.1, -0.05) is 36.4 Å². The van der Waals surface area contributed by atoms with Crippen LogP contribution in [0.15, 0.2) is 72.8 Å². The second-order valence-electron chi connectivity index (χ2n) is 12.1. The van der Waals surface area contributed by atoms with Crippen LogP contribution in [0.25, 0.3) is 0 Å². The van der Waals surface area contributed by atoms with Gasteiger partial charge in [0.1, 0.15) is 18.1 Å². The Hall–Kier alpha value is -3.88. The van der Waals surface area contributed by atoms with Crippen molar-refractivity contribution in [1.82, 2.24) is 16.0 Å². The second-order valence-corrected chi connectivity index (χ2v) is 12.1. The molecule has 3 saturated heterocycles. The lowest BCUT2D eigenvalue weighted by atomic mass is 9.85. The van der Waals surface area contributed by atoms with Crippen molar-refractivity contribution in [3.8, 4) is 0 Å². The quantitative estimate of drug-likeness (QED) is 0.152. The van der Waals surface area contributed by atoms with Crippen LogP contribution in [0.4, 0.5) is 17.1 Å². The highest BCUT2D eigenvalue weighted by Crippen LogP contribution is 2.34. The molecule has 3 aromatic rings. The minimum Gasteiger partial charge on any atom is -0.391 e. The van der Waals surface area contributed by atoms with E-state index in [0.29, 0.717) is 56.0 Å². The third kappa shape index (κ3) is 7.99. The molecule has 6 atom stereocenters. The van der Waals surface area contributed by atoms with Crippen LogP contribution in [0.5, 0.6) is 0 Å². The number of carbonyl (C=O) groups is 3. The molecule has 0 radical (unpaired) electrons. The summed E-state index contributed by atoms with van der Waals surface area (Å²) in [7, 11) is 0. The molecule has 3 aliphatic heterocycles. The molecule has 12 nitrogen and oxygen atoms in total. The van der Waals surface area contributed by atoms with Crippen LogP contribution in [0.3, 0.4) is 0 Å². The van der Waals surface area contributed by atoms with E-state index in [1.165, 1.54) is 0 Å². The minimum atomic E-state index is -0.719. The van der Waals surface area contributed by atoms with Crippen LogP contribution in [0.2, 0.25) is 0 Å². The lowest BCUT2D eigenvalue weighted by Crippen LogP contribution is -2.42. The Bertz CT molecular complexity index is 1360. The molecule has 0 bridgehead atoms. The average Bonchev–Trinajstić information content (AvgIpc) is 3.81. The number of hydrogen-bond donors (Lipinski definition) is 9. The molecule has 0 spiro atoms. The molecule has 0 aromatic heterocycles. The highest BCUT2D eigenvalue weighted by Gasteiger charge is 2.33. The lowest BCUT2D eigenvalue weighted by molar-refractivity contribution is -0.120. The topological polar surface area (TPSA) is 184 Å². The normalized spacial score (nSPS) is 25.9. The number of anilines is 3. The summed E-state index contributed by atoms with van der Waals surface area (Å²) in [5.74, 6) is -1.09. The molecule has 13 heteroatoms.